The lowest BCUT2D eigenvalue weighted by molar-refractivity contribution is 0.137. The lowest BCUT2D eigenvalue weighted by Crippen LogP contribution is -1.81. The average Bonchev–Trinajstić information content (AvgIpc) is 2.51. The van der Waals surface area contributed by atoms with E-state index >= 15 is 0 Å². The maximum absolute atomic E-state index is 8.56. The Hall–Kier alpha value is -1.03. The highest BCUT2D eigenvalue weighted by Crippen LogP contribution is 2.04. The molecular weight excluding hydrogens is 148 g/mol. The van der Waals surface area contributed by atoms with Crippen molar-refractivity contribution < 1.29 is 19.7 Å². The number of rotatable bonds is 0. The third kappa shape index (κ3) is 112. The van der Waals surface area contributed by atoms with Gasteiger partial charge in [0.1, 0.15) is 0 Å². The van der Waals surface area contributed by atoms with Crippen LogP contribution >= 0.6 is 0 Å². The van der Waals surface area contributed by atoms with Crippen molar-refractivity contribution in [2.45, 2.75) is 20.0 Å². The van der Waals surface area contributed by atoms with Crippen LogP contribution in [0.15, 0.2) is 12.7 Å². The zero-order valence-corrected chi connectivity index (χ0v) is 6.78. The van der Waals surface area contributed by atoms with Crippen LogP contribution in [-0.4, -0.2) is 29.1 Å². The second-order valence-corrected chi connectivity index (χ2v) is 1.83. The number of ether oxygens (including phenoxy) is 1. The van der Waals surface area contributed by atoms with E-state index in [2.05, 4.69) is 13.5 Å². The molecule has 0 aromatic heterocycles. The maximum Gasteiger partial charge on any atom is 0.503 e. The molecule has 0 saturated carbocycles. The van der Waals surface area contributed by atoms with Gasteiger partial charge >= 0.3 is 6.16 Å². The summed E-state index contributed by atoms with van der Waals surface area (Å²) in [6.45, 7) is 8.29. The second kappa shape index (κ2) is 8.97. The van der Waals surface area contributed by atoms with E-state index in [1.54, 1.807) is 6.08 Å². The third-order valence-corrected chi connectivity index (χ3v) is 0.500. The van der Waals surface area contributed by atoms with Crippen LogP contribution in [-0.2, 0) is 4.74 Å². The molecule has 1 aliphatic heterocycles. The fourth-order valence-corrected chi connectivity index (χ4v) is 0.0962. The Morgan fingerprint density at radius 1 is 1.73 bits per heavy atom. The molecule has 1 atom stereocenters. The number of allylic oxidation sites excluding steroid dienone is 1. The zero-order chi connectivity index (χ0) is 9.28. The number of epoxide rings is 1. The Bertz CT molecular complexity index is 103. The van der Waals surface area contributed by atoms with Crippen LogP contribution in [0.5, 0.6) is 0 Å². The number of carbonyl (C=O) groups is 1. The molecule has 1 fully saturated rings. The van der Waals surface area contributed by atoms with E-state index in [-0.39, 0.29) is 0 Å². The van der Waals surface area contributed by atoms with Gasteiger partial charge in [-0.3, -0.25) is 0 Å². The summed E-state index contributed by atoms with van der Waals surface area (Å²) >= 11 is 0. The van der Waals surface area contributed by atoms with Crippen molar-refractivity contribution in [2.75, 3.05) is 6.61 Å². The van der Waals surface area contributed by atoms with Gasteiger partial charge in [-0.2, -0.15) is 0 Å². The van der Waals surface area contributed by atoms with Gasteiger partial charge in [0.15, 0.2) is 0 Å². The van der Waals surface area contributed by atoms with Gasteiger partial charge in [0.2, 0.25) is 0 Å². The SMILES string of the molecule is C=CC.CC1CO1.O=C(O)O. The normalized spacial score (nSPS) is 17.8. The largest absolute Gasteiger partial charge is 0.503 e. The molecule has 4 heteroatoms. The van der Waals surface area contributed by atoms with Crippen molar-refractivity contribution in [3.8, 4) is 0 Å². The summed E-state index contributed by atoms with van der Waals surface area (Å²) in [7, 11) is 0. The molecule has 1 unspecified atom stereocenters. The second-order valence-electron chi connectivity index (χ2n) is 1.83. The van der Waals surface area contributed by atoms with Crippen LogP contribution in [0, 0.1) is 0 Å². The monoisotopic (exact) mass is 162 g/mol. The van der Waals surface area contributed by atoms with Crippen molar-refractivity contribution in [3.05, 3.63) is 12.7 Å². The van der Waals surface area contributed by atoms with Gasteiger partial charge in [-0.1, -0.05) is 6.08 Å². The van der Waals surface area contributed by atoms with Crippen LogP contribution in [0.4, 0.5) is 4.79 Å². The molecule has 1 rings (SSSR count). The van der Waals surface area contributed by atoms with Gasteiger partial charge < -0.3 is 14.9 Å². The van der Waals surface area contributed by atoms with Crippen LogP contribution < -0.4 is 0 Å². The fourth-order valence-electron chi connectivity index (χ4n) is 0.0962. The zero-order valence-electron chi connectivity index (χ0n) is 6.78. The molecule has 1 saturated heterocycles. The highest BCUT2D eigenvalue weighted by Gasteiger charge is 2.13. The molecule has 1 aliphatic rings. The van der Waals surface area contributed by atoms with Crippen molar-refractivity contribution in [2.24, 2.45) is 0 Å². The summed E-state index contributed by atoms with van der Waals surface area (Å²) in [6.07, 6.45) is 0.500. The number of carboxylic acid groups (broad SMARTS) is 2. The van der Waals surface area contributed by atoms with E-state index < -0.39 is 6.16 Å². The van der Waals surface area contributed by atoms with E-state index in [0.29, 0.717) is 6.10 Å². The minimum absolute atomic E-state index is 0.583. The Morgan fingerprint density at radius 2 is 1.82 bits per heavy atom. The molecule has 0 aliphatic carbocycles. The molecule has 2 N–H and O–H groups in total. The van der Waals surface area contributed by atoms with Crippen molar-refractivity contribution in [1.29, 1.82) is 0 Å². The van der Waals surface area contributed by atoms with Crippen LogP contribution in [0.25, 0.3) is 0 Å². The smallest absolute Gasteiger partial charge is 0.450 e. The van der Waals surface area contributed by atoms with Crippen molar-refractivity contribution in [1.82, 2.24) is 0 Å². The van der Waals surface area contributed by atoms with E-state index in [4.69, 9.17) is 19.7 Å². The van der Waals surface area contributed by atoms with Gasteiger partial charge in [-0.05, 0) is 13.8 Å². The molecule has 0 radical (unpaired) electrons. The fraction of sp³-hybridized carbons (Fsp3) is 0.571. The van der Waals surface area contributed by atoms with Gasteiger partial charge in [0.25, 0.3) is 0 Å². The lowest BCUT2D eigenvalue weighted by Gasteiger charge is -1.60. The van der Waals surface area contributed by atoms with Crippen LogP contribution in [0.1, 0.15) is 13.8 Å². The molecule has 0 spiro atoms. The predicted molar refractivity (Wildman–Crippen MR) is 41.9 cm³/mol. The van der Waals surface area contributed by atoms with E-state index in [9.17, 15) is 0 Å². The van der Waals surface area contributed by atoms with E-state index in [0.717, 1.165) is 6.61 Å². The number of hydrogen-bond acceptors (Lipinski definition) is 2. The Balaban J connectivity index is 0. The van der Waals surface area contributed by atoms with Gasteiger partial charge in [0.05, 0.1) is 12.7 Å². The maximum atomic E-state index is 8.56. The Labute approximate surface area is 66.1 Å². The van der Waals surface area contributed by atoms with E-state index in [1.807, 2.05) is 6.92 Å². The molecule has 1 heterocycles. The Kier molecular flexibility index (Phi) is 10.3. The van der Waals surface area contributed by atoms with Gasteiger partial charge in [-0.15, -0.1) is 6.58 Å². The van der Waals surface area contributed by atoms with Gasteiger partial charge in [0, 0.05) is 0 Å². The summed E-state index contributed by atoms with van der Waals surface area (Å²) < 4.78 is 4.71. The minimum Gasteiger partial charge on any atom is -0.450 e. The summed E-state index contributed by atoms with van der Waals surface area (Å²) in [5, 5.41) is 13.9. The topological polar surface area (TPSA) is 70.1 Å². The molecule has 0 amide bonds. The first kappa shape index (κ1) is 12.6. The molecule has 4 nitrogen and oxygen atoms in total. The summed E-state index contributed by atoms with van der Waals surface area (Å²) in [6, 6.07) is 0. The van der Waals surface area contributed by atoms with Gasteiger partial charge in [-0.25, -0.2) is 4.79 Å². The molecular formula is C7H14O4. The highest BCUT2D eigenvalue weighted by molar-refractivity contribution is 5.53. The quantitative estimate of drug-likeness (QED) is 0.421. The molecule has 0 bridgehead atoms. The van der Waals surface area contributed by atoms with Crippen molar-refractivity contribution in [3.63, 3.8) is 0 Å². The predicted octanol–water partition coefficient (Wildman–Crippen LogP) is 1.82. The molecule has 11 heavy (non-hydrogen) atoms. The standard InChI is InChI=1S/C3H6O.C3H6.CH2O3/c1-3-2-4-3;1-3-2;2-1(3)4/h3H,2H2,1H3;3H,1H2,2H3;(H2,2,3,4). The number of hydrogen-bond donors (Lipinski definition) is 2. The van der Waals surface area contributed by atoms with E-state index in [1.165, 1.54) is 0 Å². The molecule has 66 valence electrons. The first-order valence-electron chi connectivity index (χ1n) is 3.15. The first-order valence-corrected chi connectivity index (χ1v) is 3.15. The van der Waals surface area contributed by atoms with Crippen LogP contribution in [0.2, 0.25) is 0 Å². The molecule has 0 aromatic rings. The Morgan fingerprint density at radius 3 is 1.82 bits per heavy atom. The van der Waals surface area contributed by atoms with Crippen LogP contribution in [0.3, 0.4) is 0 Å². The highest BCUT2D eigenvalue weighted by atomic mass is 16.6. The summed E-state index contributed by atoms with van der Waals surface area (Å²) in [5.41, 5.74) is 0. The summed E-state index contributed by atoms with van der Waals surface area (Å²) in [5.74, 6) is 0. The lowest BCUT2D eigenvalue weighted by atomic mass is 10.6. The first-order chi connectivity index (χ1) is 5.04. The summed E-state index contributed by atoms with van der Waals surface area (Å²) in [4.78, 5) is 8.56. The third-order valence-electron chi connectivity index (χ3n) is 0.500. The minimum atomic E-state index is -1.83. The average molecular weight is 162 g/mol. The molecule has 0 aromatic carbocycles. The van der Waals surface area contributed by atoms with Crippen molar-refractivity contribution >= 4 is 6.16 Å².